The molecule has 0 radical (unpaired) electrons. The molecular weight excluding hydrogens is 252 g/mol. The highest BCUT2D eigenvalue weighted by Crippen LogP contribution is 2.25. The smallest absolute Gasteiger partial charge is 0.243 e. The first-order chi connectivity index (χ1) is 8.42. The molecule has 100 valence electrons. The molecule has 1 unspecified atom stereocenters. The van der Waals surface area contributed by atoms with Crippen LogP contribution in [0.25, 0.3) is 0 Å². The van der Waals surface area contributed by atoms with E-state index in [-0.39, 0.29) is 16.6 Å². The number of ether oxygens (including phenoxy) is 1. The Bertz CT molecular complexity index is 549. The summed E-state index contributed by atoms with van der Waals surface area (Å²) in [5.74, 6) is 0. The summed E-state index contributed by atoms with van der Waals surface area (Å²) in [6.07, 6.45) is 0.698. The Morgan fingerprint density at radius 1 is 1.39 bits per heavy atom. The lowest BCUT2D eigenvalue weighted by Gasteiger charge is -2.16. The molecule has 0 aliphatic carbocycles. The van der Waals surface area contributed by atoms with Crippen molar-refractivity contribution in [2.24, 2.45) is 0 Å². The zero-order valence-electron chi connectivity index (χ0n) is 10.6. The van der Waals surface area contributed by atoms with Gasteiger partial charge >= 0.3 is 0 Å². The maximum absolute atomic E-state index is 12.3. The number of nitrogen functional groups attached to an aromatic ring is 1. The van der Waals surface area contributed by atoms with E-state index in [0.717, 1.165) is 5.56 Å². The van der Waals surface area contributed by atoms with Crippen LogP contribution in [0.15, 0.2) is 17.0 Å². The number of hydrogen-bond acceptors (Lipinski definition) is 4. The van der Waals surface area contributed by atoms with Gasteiger partial charge in [-0.15, -0.1) is 0 Å². The Morgan fingerprint density at radius 3 is 2.72 bits per heavy atom. The van der Waals surface area contributed by atoms with Crippen LogP contribution in [0.3, 0.4) is 0 Å². The van der Waals surface area contributed by atoms with Crippen molar-refractivity contribution in [3.05, 3.63) is 23.3 Å². The highest BCUT2D eigenvalue weighted by atomic mass is 32.2. The van der Waals surface area contributed by atoms with Gasteiger partial charge in [-0.05, 0) is 37.5 Å². The first-order valence-corrected chi connectivity index (χ1v) is 7.36. The molecule has 6 heteroatoms. The second-order valence-electron chi connectivity index (χ2n) is 4.61. The molecule has 0 bridgehead atoms. The van der Waals surface area contributed by atoms with Crippen LogP contribution in [0.4, 0.5) is 5.69 Å². The zero-order chi connectivity index (χ0) is 13.3. The molecule has 1 heterocycles. The standard InChI is InChI=1S/C12H18N2O3S/c1-8-3-4-11(13)12(9(8)2)18(15,16)14-10-5-6-17-7-10/h3-4,10,14H,5-7,13H2,1-2H3. The van der Waals surface area contributed by atoms with Gasteiger partial charge in [0.05, 0.1) is 12.3 Å². The van der Waals surface area contributed by atoms with Crippen molar-refractivity contribution in [3.8, 4) is 0 Å². The number of anilines is 1. The van der Waals surface area contributed by atoms with Gasteiger partial charge < -0.3 is 10.5 Å². The van der Waals surface area contributed by atoms with E-state index in [2.05, 4.69) is 4.72 Å². The fourth-order valence-electron chi connectivity index (χ4n) is 2.07. The van der Waals surface area contributed by atoms with Gasteiger partial charge in [0.2, 0.25) is 10.0 Å². The number of sulfonamides is 1. The van der Waals surface area contributed by atoms with Gasteiger partial charge in [0.1, 0.15) is 4.90 Å². The van der Waals surface area contributed by atoms with Crippen molar-refractivity contribution in [3.63, 3.8) is 0 Å². The van der Waals surface area contributed by atoms with Gasteiger partial charge in [-0.2, -0.15) is 0 Å². The molecule has 1 atom stereocenters. The first-order valence-electron chi connectivity index (χ1n) is 5.87. The first kappa shape index (κ1) is 13.3. The summed E-state index contributed by atoms with van der Waals surface area (Å²) >= 11 is 0. The molecule has 1 aromatic carbocycles. The van der Waals surface area contributed by atoms with Crippen LogP contribution in [-0.2, 0) is 14.8 Å². The van der Waals surface area contributed by atoms with E-state index in [9.17, 15) is 8.42 Å². The van der Waals surface area contributed by atoms with Crippen LogP contribution in [0.5, 0.6) is 0 Å². The van der Waals surface area contributed by atoms with Crippen LogP contribution in [0.2, 0.25) is 0 Å². The molecule has 0 saturated carbocycles. The van der Waals surface area contributed by atoms with Crippen LogP contribution in [0, 0.1) is 13.8 Å². The molecule has 1 saturated heterocycles. The van der Waals surface area contributed by atoms with Crippen molar-refractivity contribution >= 4 is 15.7 Å². The minimum Gasteiger partial charge on any atom is -0.398 e. The molecule has 3 N–H and O–H groups in total. The maximum Gasteiger partial charge on any atom is 0.243 e. The molecule has 1 aliphatic rings. The van der Waals surface area contributed by atoms with E-state index in [1.165, 1.54) is 0 Å². The topological polar surface area (TPSA) is 81.4 Å². The summed E-state index contributed by atoms with van der Waals surface area (Å²) in [6, 6.07) is 3.29. The molecule has 0 amide bonds. The van der Waals surface area contributed by atoms with E-state index in [0.29, 0.717) is 25.2 Å². The Morgan fingerprint density at radius 2 is 2.11 bits per heavy atom. The summed E-state index contributed by atoms with van der Waals surface area (Å²) < 4.78 is 32.5. The predicted molar refractivity (Wildman–Crippen MR) is 69.9 cm³/mol. The van der Waals surface area contributed by atoms with E-state index in [1.807, 2.05) is 13.0 Å². The second kappa shape index (κ2) is 4.87. The average Bonchev–Trinajstić information content (AvgIpc) is 2.75. The lowest BCUT2D eigenvalue weighted by molar-refractivity contribution is 0.192. The lowest BCUT2D eigenvalue weighted by Crippen LogP contribution is -2.35. The van der Waals surface area contributed by atoms with Crippen LogP contribution >= 0.6 is 0 Å². The summed E-state index contributed by atoms with van der Waals surface area (Å²) in [5.41, 5.74) is 7.69. The van der Waals surface area contributed by atoms with E-state index in [1.54, 1.807) is 13.0 Å². The third kappa shape index (κ3) is 2.50. The molecule has 0 aromatic heterocycles. The molecular formula is C12H18N2O3S. The molecule has 18 heavy (non-hydrogen) atoms. The largest absolute Gasteiger partial charge is 0.398 e. The Labute approximate surface area is 107 Å². The Balaban J connectivity index is 2.37. The van der Waals surface area contributed by atoms with Crippen molar-refractivity contribution in [1.29, 1.82) is 0 Å². The van der Waals surface area contributed by atoms with Gasteiger partial charge in [-0.25, -0.2) is 13.1 Å². The van der Waals surface area contributed by atoms with Crippen LogP contribution in [0.1, 0.15) is 17.5 Å². The highest BCUT2D eigenvalue weighted by molar-refractivity contribution is 7.89. The van der Waals surface area contributed by atoms with Gasteiger partial charge in [0.15, 0.2) is 0 Å². The molecule has 5 nitrogen and oxygen atoms in total. The normalized spacial score (nSPS) is 20.2. The van der Waals surface area contributed by atoms with Crippen LogP contribution in [-0.4, -0.2) is 27.7 Å². The van der Waals surface area contributed by atoms with Gasteiger partial charge in [0.25, 0.3) is 0 Å². The van der Waals surface area contributed by atoms with E-state index in [4.69, 9.17) is 10.5 Å². The zero-order valence-corrected chi connectivity index (χ0v) is 11.4. The molecule has 1 fully saturated rings. The minimum atomic E-state index is -3.58. The van der Waals surface area contributed by atoms with Gasteiger partial charge in [-0.1, -0.05) is 6.07 Å². The number of nitrogens with one attached hydrogen (secondary N) is 1. The van der Waals surface area contributed by atoms with Crippen molar-refractivity contribution in [2.45, 2.75) is 31.2 Å². The third-order valence-electron chi connectivity index (χ3n) is 3.23. The number of nitrogens with two attached hydrogens (primary N) is 1. The van der Waals surface area contributed by atoms with Gasteiger partial charge in [0, 0.05) is 12.6 Å². The summed E-state index contributed by atoms with van der Waals surface area (Å²) in [7, 11) is -3.58. The quantitative estimate of drug-likeness (QED) is 0.801. The number of hydrogen-bond donors (Lipinski definition) is 2. The Hall–Kier alpha value is -1.11. The molecule has 1 aliphatic heterocycles. The third-order valence-corrected chi connectivity index (χ3v) is 4.95. The fraction of sp³-hybridized carbons (Fsp3) is 0.500. The molecule has 0 spiro atoms. The molecule has 2 rings (SSSR count). The number of rotatable bonds is 3. The number of benzene rings is 1. The Kier molecular flexibility index (Phi) is 3.61. The monoisotopic (exact) mass is 270 g/mol. The summed E-state index contributed by atoms with van der Waals surface area (Å²) in [4.78, 5) is 0.189. The lowest BCUT2D eigenvalue weighted by atomic mass is 10.1. The number of aryl methyl sites for hydroxylation is 1. The summed E-state index contributed by atoms with van der Waals surface area (Å²) in [6.45, 7) is 4.65. The highest BCUT2D eigenvalue weighted by Gasteiger charge is 2.26. The average molecular weight is 270 g/mol. The van der Waals surface area contributed by atoms with Crippen molar-refractivity contribution < 1.29 is 13.2 Å². The predicted octanol–water partition coefficient (Wildman–Crippen LogP) is 0.953. The second-order valence-corrected chi connectivity index (χ2v) is 6.26. The minimum absolute atomic E-state index is 0.158. The SMILES string of the molecule is Cc1ccc(N)c(S(=O)(=O)NC2CCOC2)c1C. The van der Waals surface area contributed by atoms with E-state index >= 15 is 0 Å². The van der Waals surface area contributed by atoms with Gasteiger partial charge in [-0.3, -0.25) is 0 Å². The van der Waals surface area contributed by atoms with Crippen molar-refractivity contribution in [2.75, 3.05) is 18.9 Å². The fourth-order valence-corrected chi connectivity index (χ4v) is 3.76. The maximum atomic E-state index is 12.3. The van der Waals surface area contributed by atoms with Crippen molar-refractivity contribution in [1.82, 2.24) is 4.72 Å². The van der Waals surface area contributed by atoms with E-state index < -0.39 is 10.0 Å². The molecule has 1 aromatic rings. The summed E-state index contributed by atoms with van der Waals surface area (Å²) in [5, 5.41) is 0. The van der Waals surface area contributed by atoms with Crippen LogP contribution < -0.4 is 10.5 Å².